The smallest absolute Gasteiger partial charge is 0.335 e. The number of rotatable bonds is 4. The van der Waals surface area contributed by atoms with Gasteiger partial charge >= 0.3 is 5.97 Å². The molecule has 4 saturated carbocycles. The zero-order chi connectivity index (χ0) is 30.7. The normalized spacial score (nSPS) is 41.8. The number of benzene rings is 1. The average molecular weight is 576 g/mol. The van der Waals surface area contributed by atoms with E-state index in [1.54, 1.807) is 12.1 Å². The first-order chi connectivity index (χ1) is 19.7. The molecule has 6 rings (SSSR count). The summed E-state index contributed by atoms with van der Waals surface area (Å²) >= 11 is 0. The van der Waals surface area contributed by atoms with E-state index in [1.807, 2.05) is 12.1 Å². The summed E-state index contributed by atoms with van der Waals surface area (Å²) in [6.07, 6.45) is 17.7. The van der Waals surface area contributed by atoms with Crippen LogP contribution in [0.3, 0.4) is 0 Å². The van der Waals surface area contributed by atoms with Crippen LogP contribution in [0.25, 0.3) is 5.57 Å². The molecule has 1 N–H and O–H groups in total. The van der Waals surface area contributed by atoms with Crippen molar-refractivity contribution in [3.8, 4) is 0 Å². The summed E-state index contributed by atoms with van der Waals surface area (Å²) in [6.45, 7) is 18.7. The van der Waals surface area contributed by atoms with E-state index in [4.69, 9.17) is 0 Å². The third kappa shape index (κ3) is 4.65. The van der Waals surface area contributed by atoms with Crippen LogP contribution in [0.2, 0.25) is 0 Å². The summed E-state index contributed by atoms with van der Waals surface area (Å²) in [5.41, 5.74) is 4.86. The van der Waals surface area contributed by atoms with Gasteiger partial charge in [-0.25, -0.2) is 4.79 Å². The number of hydrogen-bond acceptors (Lipinski definition) is 2. The topological polar surface area (TPSA) is 40.5 Å². The molecular weight excluding hydrogens is 514 g/mol. The van der Waals surface area contributed by atoms with E-state index in [1.165, 1.54) is 81.9 Å². The van der Waals surface area contributed by atoms with E-state index < -0.39 is 5.97 Å². The first kappa shape index (κ1) is 31.8. The zero-order valence-corrected chi connectivity index (χ0v) is 28.5. The Labute approximate surface area is 257 Å². The Hall–Kier alpha value is -1.61. The Kier molecular flexibility index (Phi) is 8.39. The molecule has 234 valence electrons. The number of carboxylic acids is 1. The Morgan fingerprint density at radius 2 is 1.50 bits per heavy atom. The van der Waals surface area contributed by atoms with E-state index in [0.717, 1.165) is 24.2 Å². The number of fused-ring (bicyclic) bond motifs is 7. The quantitative estimate of drug-likeness (QED) is 0.388. The minimum atomic E-state index is -0.846. The van der Waals surface area contributed by atoms with Crippen molar-refractivity contribution < 1.29 is 9.90 Å². The molecule has 6 unspecified atom stereocenters. The number of aromatic carboxylic acids is 1. The summed E-state index contributed by atoms with van der Waals surface area (Å²) in [6, 6.07) is 7.65. The second kappa shape index (κ2) is 11.1. The lowest BCUT2D eigenvalue weighted by Gasteiger charge is -2.72. The van der Waals surface area contributed by atoms with Crippen LogP contribution < -0.4 is 0 Å². The van der Waals surface area contributed by atoms with Crippen molar-refractivity contribution in [1.29, 1.82) is 0 Å². The predicted octanol–water partition coefficient (Wildman–Crippen LogP) is 10.2. The summed E-state index contributed by atoms with van der Waals surface area (Å²) < 4.78 is 0. The molecule has 1 aromatic carbocycles. The SMILES string of the molecule is CCC.CN(C)C[C@]12CCCC1C1CCC3C4(C)CC=C(c5ccc(C(=O)O)cc5)C(C)(C)C4CCC3(C)[C@]1(C)CC2. The highest BCUT2D eigenvalue weighted by Gasteiger charge is 2.69. The lowest BCUT2D eigenvalue weighted by molar-refractivity contribution is -0.223. The maximum atomic E-state index is 11.4. The average Bonchev–Trinajstić information content (AvgIpc) is 3.32. The fraction of sp³-hybridized carbons (Fsp3) is 0.769. The van der Waals surface area contributed by atoms with Gasteiger partial charge in [0.2, 0.25) is 0 Å². The van der Waals surface area contributed by atoms with Gasteiger partial charge < -0.3 is 10.0 Å². The van der Waals surface area contributed by atoms with Crippen LogP contribution in [0.1, 0.15) is 135 Å². The molecule has 0 heterocycles. The third-order valence-electron chi connectivity index (χ3n) is 14.2. The highest BCUT2D eigenvalue weighted by atomic mass is 16.4. The highest BCUT2D eigenvalue weighted by molar-refractivity contribution is 5.88. The molecule has 0 spiro atoms. The molecule has 4 fully saturated rings. The van der Waals surface area contributed by atoms with Crippen LogP contribution in [0, 0.1) is 50.7 Å². The number of carboxylic acid groups (broad SMARTS) is 1. The third-order valence-corrected chi connectivity index (χ3v) is 14.2. The molecule has 0 aliphatic heterocycles. The van der Waals surface area contributed by atoms with Crippen molar-refractivity contribution in [3.05, 3.63) is 41.5 Å². The molecule has 1 aromatic rings. The molecule has 5 aliphatic rings. The lowest BCUT2D eigenvalue weighted by atomic mass is 9.32. The number of hydrogen-bond donors (Lipinski definition) is 1. The van der Waals surface area contributed by atoms with Gasteiger partial charge in [-0.05, 0) is 146 Å². The molecule has 0 amide bonds. The molecule has 0 aromatic heterocycles. The molecular formula is C39H61NO2. The van der Waals surface area contributed by atoms with Gasteiger partial charge in [-0.3, -0.25) is 0 Å². The van der Waals surface area contributed by atoms with Crippen LogP contribution in [0.15, 0.2) is 30.3 Å². The minimum absolute atomic E-state index is 0.0791. The molecule has 0 bridgehead atoms. The number of carbonyl (C=O) groups is 1. The summed E-state index contributed by atoms with van der Waals surface area (Å²) in [4.78, 5) is 13.9. The van der Waals surface area contributed by atoms with E-state index in [-0.39, 0.29) is 5.41 Å². The van der Waals surface area contributed by atoms with Gasteiger partial charge in [0.05, 0.1) is 5.56 Å². The first-order valence-electron chi connectivity index (χ1n) is 17.4. The Balaban J connectivity index is 0.00000113. The molecule has 0 saturated heterocycles. The fourth-order valence-corrected chi connectivity index (χ4v) is 12.5. The van der Waals surface area contributed by atoms with Crippen molar-refractivity contribution in [2.24, 2.45) is 50.7 Å². The van der Waals surface area contributed by atoms with E-state index in [0.29, 0.717) is 33.1 Å². The van der Waals surface area contributed by atoms with Gasteiger partial charge in [0.1, 0.15) is 0 Å². The van der Waals surface area contributed by atoms with Crippen molar-refractivity contribution in [2.45, 2.75) is 119 Å². The summed E-state index contributed by atoms with van der Waals surface area (Å²) in [5.74, 6) is 2.40. The maximum Gasteiger partial charge on any atom is 0.335 e. The monoisotopic (exact) mass is 575 g/mol. The maximum absolute atomic E-state index is 11.4. The lowest BCUT2D eigenvalue weighted by Crippen LogP contribution is -2.65. The van der Waals surface area contributed by atoms with Crippen LogP contribution >= 0.6 is 0 Å². The van der Waals surface area contributed by atoms with E-state index >= 15 is 0 Å². The van der Waals surface area contributed by atoms with Gasteiger partial charge in [0.25, 0.3) is 0 Å². The standard InChI is InChI=1S/C36H53NO2.C3H8/c1-32(2)26(24-10-12-25(13-11-24)31(38)39)16-19-33(3)29(32)17-20-35(5)30(33)15-14-27-28-9-8-18-36(28,23-37(6)7)22-21-34(27,35)4;1-3-2/h10-13,16,27-30H,8-9,14-15,17-23H2,1-7H3,(H,38,39);3H2,1-2H3/t27?,28?,29?,30?,33?,34-,35?,36-;/m1./s1. The summed E-state index contributed by atoms with van der Waals surface area (Å²) in [5, 5.41) is 9.40. The zero-order valence-electron chi connectivity index (χ0n) is 28.5. The van der Waals surface area contributed by atoms with Crippen LogP contribution in [-0.2, 0) is 0 Å². The van der Waals surface area contributed by atoms with Crippen molar-refractivity contribution in [2.75, 3.05) is 20.6 Å². The van der Waals surface area contributed by atoms with Crippen molar-refractivity contribution in [1.82, 2.24) is 4.90 Å². The van der Waals surface area contributed by atoms with E-state index in [2.05, 4.69) is 73.5 Å². The molecule has 3 nitrogen and oxygen atoms in total. The van der Waals surface area contributed by atoms with Gasteiger partial charge in [-0.15, -0.1) is 0 Å². The Morgan fingerprint density at radius 1 is 0.833 bits per heavy atom. The molecule has 42 heavy (non-hydrogen) atoms. The summed E-state index contributed by atoms with van der Waals surface area (Å²) in [7, 11) is 4.59. The van der Waals surface area contributed by atoms with Crippen LogP contribution in [0.5, 0.6) is 0 Å². The van der Waals surface area contributed by atoms with E-state index in [9.17, 15) is 9.90 Å². The second-order valence-electron chi connectivity index (χ2n) is 16.9. The van der Waals surface area contributed by atoms with Gasteiger partial charge in [-0.2, -0.15) is 0 Å². The molecule has 3 heteroatoms. The Morgan fingerprint density at radius 3 is 2.12 bits per heavy atom. The van der Waals surface area contributed by atoms with Crippen molar-refractivity contribution >= 4 is 11.5 Å². The van der Waals surface area contributed by atoms with Crippen LogP contribution in [-0.4, -0.2) is 36.6 Å². The second-order valence-corrected chi connectivity index (χ2v) is 16.9. The molecule has 8 atom stereocenters. The van der Waals surface area contributed by atoms with Crippen LogP contribution in [0.4, 0.5) is 0 Å². The predicted molar refractivity (Wildman–Crippen MR) is 177 cm³/mol. The number of nitrogens with zero attached hydrogens (tertiary/aromatic N) is 1. The van der Waals surface area contributed by atoms with Gasteiger partial charge in [0, 0.05) is 6.54 Å². The van der Waals surface area contributed by atoms with Gasteiger partial charge in [0.15, 0.2) is 0 Å². The first-order valence-corrected chi connectivity index (χ1v) is 17.4. The molecule has 0 radical (unpaired) electrons. The molecule has 5 aliphatic carbocycles. The van der Waals surface area contributed by atoms with Crippen molar-refractivity contribution in [3.63, 3.8) is 0 Å². The highest BCUT2D eigenvalue weighted by Crippen LogP contribution is 2.77. The minimum Gasteiger partial charge on any atom is -0.478 e. The Bertz CT molecular complexity index is 1180. The number of allylic oxidation sites excluding steroid dienone is 2. The van der Waals surface area contributed by atoms with Gasteiger partial charge in [-0.1, -0.05) is 79.5 Å². The largest absolute Gasteiger partial charge is 0.478 e. The fourth-order valence-electron chi connectivity index (χ4n) is 12.5.